The number of nitrogens with one attached hydrogen (secondary N) is 3. The first-order valence-electron chi connectivity index (χ1n) is 9.98. The zero-order valence-electron chi connectivity index (χ0n) is 16.3. The summed E-state index contributed by atoms with van der Waals surface area (Å²) in [6, 6.07) is 10.1. The van der Waals surface area contributed by atoms with Gasteiger partial charge < -0.3 is 10.3 Å². The van der Waals surface area contributed by atoms with Crippen LogP contribution in [0.1, 0.15) is 43.2 Å². The highest BCUT2D eigenvalue weighted by Gasteiger charge is 2.20. The van der Waals surface area contributed by atoms with Crippen molar-refractivity contribution in [3.05, 3.63) is 70.7 Å². The lowest BCUT2D eigenvalue weighted by atomic mass is 9.95. The number of amidine groups is 1. The number of nitrogen functional groups attached to an aromatic ring is 1. The van der Waals surface area contributed by atoms with Gasteiger partial charge in [0, 0.05) is 12.2 Å². The highest BCUT2D eigenvalue weighted by molar-refractivity contribution is 5.98. The molecule has 0 aliphatic heterocycles. The van der Waals surface area contributed by atoms with Crippen LogP contribution in [0.25, 0.3) is 0 Å². The van der Waals surface area contributed by atoms with Gasteiger partial charge in [-0.3, -0.25) is 10.5 Å². The largest absolute Gasteiger partial charge is 0.381 e. The lowest BCUT2D eigenvalue weighted by Gasteiger charge is -2.24. The van der Waals surface area contributed by atoms with Gasteiger partial charge in [0.05, 0.1) is 12.2 Å². The van der Waals surface area contributed by atoms with Crippen LogP contribution in [0.15, 0.2) is 54.0 Å². The number of hydrogen-bond acceptors (Lipinski definition) is 4. The van der Waals surface area contributed by atoms with E-state index in [2.05, 4.69) is 25.4 Å². The van der Waals surface area contributed by atoms with Crippen molar-refractivity contribution in [2.45, 2.75) is 44.7 Å². The summed E-state index contributed by atoms with van der Waals surface area (Å²) in [6.45, 7) is 0.607. The Labute approximate surface area is 168 Å². The Hall–Kier alpha value is -3.42. The fraction of sp³-hybridized carbons (Fsp3) is 0.333. The van der Waals surface area contributed by atoms with Gasteiger partial charge in [0.1, 0.15) is 18.3 Å². The molecule has 3 aromatic rings. The number of pyridine rings is 1. The lowest BCUT2D eigenvalue weighted by Crippen LogP contribution is -2.70. The van der Waals surface area contributed by atoms with Crippen LogP contribution in [0.4, 0.5) is 11.4 Å². The summed E-state index contributed by atoms with van der Waals surface area (Å²) < 4.78 is 1.75. The van der Waals surface area contributed by atoms with Crippen LogP contribution in [-0.4, -0.2) is 31.6 Å². The maximum absolute atomic E-state index is 12.5. The number of benzene rings is 1. The van der Waals surface area contributed by atoms with Crippen LogP contribution in [0.2, 0.25) is 0 Å². The van der Waals surface area contributed by atoms with Crippen LogP contribution in [-0.2, 0) is 6.54 Å². The Kier molecular flexibility index (Phi) is 5.69. The Balaban J connectivity index is 1.59. The van der Waals surface area contributed by atoms with Gasteiger partial charge in [0.2, 0.25) is 0 Å². The van der Waals surface area contributed by atoms with Crippen molar-refractivity contribution in [2.75, 3.05) is 5.32 Å². The molecule has 5 N–H and O–H groups in total. The van der Waals surface area contributed by atoms with Crippen molar-refractivity contribution >= 4 is 17.2 Å². The summed E-state index contributed by atoms with van der Waals surface area (Å²) in [4.78, 5) is 22.4. The van der Waals surface area contributed by atoms with Crippen molar-refractivity contribution in [1.82, 2.24) is 19.7 Å². The molecule has 1 saturated carbocycles. The van der Waals surface area contributed by atoms with Gasteiger partial charge in [0.25, 0.3) is 11.4 Å². The van der Waals surface area contributed by atoms with E-state index >= 15 is 0 Å². The molecule has 2 heterocycles. The standard InChI is InChI=1S/C21H25N7O/c22-20(27-17-8-4-5-15(11-17)12-28-14-23-13-25-28)19-18(9-10-24-21(19)29)26-16-6-2-1-3-7-16/h4-5,8-11,13-14,16H,1-3,6-7,12H2,(H2,22,27)(H2,24,26,29)/p+1. The van der Waals surface area contributed by atoms with Gasteiger partial charge in [-0.25, -0.2) is 14.7 Å². The molecule has 0 saturated heterocycles. The molecule has 0 unspecified atom stereocenters. The second kappa shape index (κ2) is 8.72. The Morgan fingerprint density at radius 3 is 2.93 bits per heavy atom. The summed E-state index contributed by atoms with van der Waals surface area (Å²) in [5, 5.41) is 7.65. The zero-order chi connectivity index (χ0) is 20.1. The summed E-state index contributed by atoms with van der Waals surface area (Å²) in [6.07, 6.45) is 10.8. The minimum atomic E-state index is -0.213. The molecular weight excluding hydrogens is 366 g/mol. The molecule has 1 aromatic carbocycles. The molecule has 29 heavy (non-hydrogen) atoms. The van der Waals surface area contributed by atoms with Gasteiger partial charge in [-0.05, 0) is 36.6 Å². The maximum Gasteiger partial charge on any atom is 0.285 e. The van der Waals surface area contributed by atoms with Crippen molar-refractivity contribution in [1.29, 1.82) is 0 Å². The number of anilines is 1. The Bertz CT molecular complexity index is 1030. The van der Waals surface area contributed by atoms with Gasteiger partial charge in [-0.1, -0.05) is 31.4 Å². The predicted molar refractivity (Wildman–Crippen MR) is 112 cm³/mol. The van der Waals surface area contributed by atoms with E-state index in [1.54, 1.807) is 17.2 Å². The zero-order valence-corrected chi connectivity index (χ0v) is 16.3. The third-order valence-electron chi connectivity index (χ3n) is 5.21. The van der Waals surface area contributed by atoms with Crippen molar-refractivity contribution in [3.63, 3.8) is 0 Å². The van der Waals surface area contributed by atoms with E-state index in [1.807, 2.05) is 30.3 Å². The van der Waals surface area contributed by atoms with E-state index in [0.717, 1.165) is 29.8 Å². The van der Waals surface area contributed by atoms with Gasteiger partial charge >= 0.3 is 0 Å². The first-order chi connectivity index (χ1) is 14.2. The van der Waals surface area contributed by atoms with Crippen LogP contribution in [0, 0.1) is 0 Å². The molecule has 1 aliphatic carbocycles. The highest BCUT2D eigenvalue weighted by atomic mass is 16.1. The second-order valence-corrected chi connectivity index (χ2v) is 7.41. The average molecular weight is 392 g/mol. The molecule has 1 fully saturated rings. The third-order valence-corrected chi connectivity index (χ3v) is 5.21. The van der Waals surface area contributed by atoms with E-state index in [0.29, 0.717) is 24.0 Å². The molecule has 1 aliphatic rings. The number of hydrogen-bond donors (Lipinski definition) is 4. The molecule has 8 nitrogen and oxygen atoms in total. The first kappa shape index (κ1) is 18.9. The molecule has 2 aromatic heterocycles. The highest BCUT2D eigenvalue weighted by Crippen LogP contribution is 2.22. The topological polar surface area (TPSA) is 116 Å². The third kappa shape index (κ3) is 4.71. The van der Waals surface area contributed by atoms with Crippen LogP contribution in [0.3, 0.4) is 0 Å². The van der Waals surface area contributed by atoms with Crippen LogP contribution in [0.5, 0.6) is 0 Å². The number of H-pyrrole nitrogens is 1. The molecular formula is C21H26N7O+. The Morgan fingerprint density at radius 2 is 2.14 bits per heavy atom. The molecule has 4 rings (SSSR count). The number of nitrogens with two attached hydrogens (primary N) is 1. The molecule has 0 spiro atoms. The van der Waals surface area contributed by atoms with E-state index in [1.165, 1.54) is 25.6 Å². The number of aromatic nitrogens is 4. The van der Waals surface area contributed by atoms with E-state index in [4.69, 9.17) is 5.73 Å². The monoisotopic (exact) mass is 392 g/mol. The first-order valence-corrected chi connectivity index (χ1v) is 9.98. The summed E-state index contributed by atoms with van der Waals surface area (Å²) >= 11 is 0. The van der Waals surface area contributed by atoms with Crippen molar-refractivity contribution in [2.24, 2.45) is 5.73 Å². The molecule has 150 valence electrons. The molecule has 8 heteroatoms. The summed E-state index contributed by atoms with van der Waals surface area (Å²) in [5.74, 6) is 0.322. The van der Waals surface area contributed by atoms with Gasteiger partial charge in [-0.15, -0.1) is 0 Å². The number of rotatable bonds is 6. The quantitative estimate of drug-likeness (QED) is 0.367. The van der Waals surface area contributed by atoms with E-state index in [9.17, 15) is 4.79 Å². The fourth-order valence-corrected chi connectivity index (χ4v) is 3.80. The summed E-state index contributed by atoms with van der Waals surface area (Å²) in [7, 11) is 0. The molecule has 0 atom stereocenters. The average Bonchev–Trinajstić information content (AvgIpc) is 3.22. The number of nitrogens with zero attached hydrogens (tertiary/aromatic N) is 3. The van der Waals surface area contributed by atoms with Crippen molar-refractivity contribution in [3.8, 4) is 0 Å². The van der Waals surface area contributed by atoms with E-state index < -0.39 is 0 Å². The summed E-state index contributed by atoms with van der Waals surface area (Å²) in [5.41, 5.74) is 9.20. The lowest BCUT2D eigenvalue weighted by molar-refractivity contribution is -0.354. The minimum Gasteiger partial charge on any atom is -0.381 e. The van der Waals surface area contributed by atoms with Gasteiger partial charge in [-0.2, -0.15) is 5.10 Å². The fourth-order valence-electron chi connectivity index (χ4n) is 3.80. The normalized spacial score (nSPS) is 15.4. The second-order valence-electron chi connectivity index (χ2n) is 7.41. The van der Waals surface area contributed by atoms with Crippen LogP contribution >= 0.6 is 0 Å². The predicted octanol–water partition coefficient (Wildman–Crippen LogP) is 0.877. The van der Waals surface area contributed by atoms with E-state index in [-0.39, 0.29) is 5.56 Å². The van der Waals surface area contributed by atoms with Crippen LogP contribution < -0.4 is 21.6 Å². The Morgan fingerprint density at radius 1 is 1.28 bits per heavy atom. The smallest absolute Gasteiger partial charge is 0.285 e. The molecule has 0 radical (unpaired) electrons. The maximum atomic E-state index is 12.5. The molecule has 0 amide bonds. The van der Waals surface area contributed by atoms with Crippen molar-refractivity contribution < 1.29 is 4.99 Å². The van der Waals surface area contributed by atoms with Gasteiger partial charge in [0.15, 0.2) is 5.56 Å². The SMILES string of the molecule is NC(=[NH+]c1cccc(Cn2cncn2)c1)c1c(NC2CCCCC2)cc[nH]c1=O. The minimum absolute atomic E-state index is 0.213. The molecule has 0 bridgehead atoms. The number of aromatic amines is 1.